The van der Waals surface area contributed by atoms with E-state index in [0.29, 0.717) is 6.61 Å². The molecule has 1 aromatic carbocycles. The third-order valence-electron chi connectivity index (χ3n) is 2.37. The van der Waals surface area contributed by atoms with E-state index in [1.807, 2.05) is 43.5 Å². The lowest BCUT2D eigenvalue weighted by Crippen LogP contribution is -2.00. The molecule has 1 N–H and O–H groups in total. The Balaban J connectivity index is 1.97. The van der Waals surface area contributed by atoms with Crippen molar-refractivity contribution in [3.63, 3.8) is 0 Å². The summed E-state index contributed by atoms with van der Waals surface area (Å²) < 4.78 is 5.46. The summed E-state index contributed by atoms with van der Waals surface area (Å²) in [7, 11) is 0. The molecule has 3 heteroatoms. The Morgan fingerprint density at radius 3 is 2.94 bits per heavy atom. The second-order valence-corrected chi connectivity index (χ2v) is 3.68. The first-order chi connectivity index (χ1) is 8.38. The largest absolute Gasteiger partial charge is 0.494 e. The van der Waals surface area contributed by atoms with E-state index in [2.05, 4.69) is 16.4 Å². The van der Waals surface area contributed by atoms with Crippen molar-refractivity contribution in [3.05, 3.63) is 54.4 Å². The third-order valence-corrected chi connectivity index (χ3v) is 2.37. The van der Waals surface area contributed by atoms with Gasteiger partial charge in [0.2, 0.25) is 0 Å². The highest BCUT2D eigenvalue weighted by molar-refractivity contribution is 5.41. The van der Waals surface area contributed by atoms with Crippen molar-refractivity contribution in [2.75, 3.05) is 11.9 Å². The molecule has 2 aromatic rings. The van der Waals surface area contributed by atoms with Crippen LogP contribution in [0.1, 0.15) is 12.5 Å². The fourth-order valence-electron chi connectivity index (χ4n) is 1.58. The molecular weight excluding hydrogens is 212 g/mol. The number of hydrogen-bond acceptors (Lipinski definition) is 3. The summed E-state index contributed by atoms with van der Waals surface area (Å²) in [6.45, 7) is 3.45. The van der Waals surface area contributed by atoms with E-state index in [0.717, 1.165) is 18.0 Å². The van der Waals surface area contributed by atoms with Gasteiger partial charge in [-0.25, -0.2) is 0 Å². The standard InChI is InChI=1S/C14H16N2O/c1-2-17-14-7-3-5-12(9-14)10-16-13-6-4-8-15-11-13/h3-9,11,16H,2,10H2,1H3. The van der Waals surface area contributed by atoms with Crippen LogP contribution >= 0.6 is 0 Å². The van der Waals surface area contributed by atoms with Crippen LogP contribution in [0.2, 0.25) is 0 Å². The lowest BCUT2D eigenvalue weighted by molar-refractivity contribution is 0.340. The topological polar surface area (TPSA) is 34.1 Å². The number of ether oxygens (including phenoxy) is 1. The molecule has 3 nitrogen and oxygen atoms in total. The quantitative estimate of drug-likeness (QED) is 0.853. The molecule has 0 aliphatic rings. The molecule has 0 aliphatic carbocycles. The molecule has 1 heterocycles. The highest BCUT2D eigenvalue weighted by Crippen LogP contribution is 2.14. The molecule has 1 aromatic heterocycles. The van der Waals surface area contributed by atoms with E-state index in [-0.39, 0.29) is 0 Å². The molecule has 88 valence electrons. The van der Waals surface area contributed by atoms with Crippen molar-refractivity contribution in [2.24, 2.45) is 0 Å². The zero-order chi connectivity index (χ0) is 11.9. The normalized spacial score (nSPS) is 9.94. The fourth-order valence-corrected chi connectivity index (χ4v) is 1.58. The molecule has 0 amide bonds. The summed E-state index contributed by atoms with van der Waals surface area (Å²) in [4.78, 5) is 4.06. The van der Waals surface area contributed by atoms with Crippen LogP contribution in [0.25, 0.3) is 0 Å². The van der Waals surface area contributed by atoms with Gasteiger partial charge in [0.15, 0.2) is 0 Å². The predicted octanol–water partition coefficient (Wildman–Crippen LogP) is 3.09. The van der Waals surface area contributed by atoms with E-state index >= 15 is 0 Å². The summed E-state index contributed by atoms with van der Waals surface area (Å²) >= 11 is 0. The summed E-state index contributed by atoms with van der Waals surface area (Å²) in [6, 6.07) is 12.0. The Hall–Kier alpha value is -2.03. The van der Waals surface area contributed by atoms with Crippen LogP contribution in [-0.2, 0) is 6.54 Å². The number of aromatic nitrogens is 1. The lowest BCUT2D eigenvalue weighted by atomic mass is 10.2. The minimum absolute atomic E-state index is 0.694. The Kier molecular flexibility index (Phi) is 3.97. The van der Waals surface area contributed by atoms with E-state index < -0.39 is 0 Å². The first-order valence-corrected chi connectivity index (χ1v) is 5.74. The van der Waals surface area contributed by atoms with E-state index in [9.17, 15) is 0 Å². The average Bonchev–Trinajstić information content (AvgIpc) is 2.39. The molecule has 0 saturated heterocycles. The Morgan fingerprint density at radius 2 is 2.18 bits per heavy atom. The molecule has 0 spiro atoms. The zero-order valence-electron chi connectivity index (χ0n) is 9.89. The smallest absolute Gasteiger partial charge is 0.119 e. The molecule has 17 heavy (non-hydrogen) atoms. The predicted molar refractivity (Wildman–Crippen MR) is 69.2 cm³/mol. The van der Waals surface area contributed by atoms with Crippen molar-refractivity contribution in [1.29, 1.82) is 0 Å². The molecule has 0 atom stereocenters. The van der Waals surface area contributed by atoms with Crippen molar-refractivity contribution in [2.45, 2.75) is 13.5 Å². The lowest BCUT2D eigenvalue weighted by Gasteiger charge is -2.08. The summed E-state index contributed by atoms with van der Waals surface area (Å²) in [5.74, 6) is 0.915. The SMILES string of the molecule is CCOc1cccc(CNc2cccnc2)c1. The number of hydrogen-bond donors (Lipinski definition) is 1. The highest BCUT2D eigenvalue weighted by Gasteiger charge is 1.96. The Morgan fingerprint density at radius 1 is 1.24 bits per heavy atom. The van der Waals surface area contributed by atoms with Gasteiger partial charge >= 0.3 is 0 Å². The van der Waals surface area contributed by atoms with Crippen molar-refractivity contribution < 1.29 is 4.74 Å². The van der Waals surface area contributed by atoms with Crippen LogP contribution < -0.4 is 10.1 Å². The molecule has 0 aliphatic heterocycles. The van der Waals surface area contributed by atoms with Crippen molar-refractivity contribution in [1.82, 2.24) is 4.98 Å². The third kappa shape index (κ3) is 3.48. The van der Waals surface area contributed by atoms with Crippen LogP contribution in [-0.4, -0.2) is 11.6 Å². The number of pyridine rings is 1. The Bertz CT molecular complexity index is 457. The van der Waals surface area contributed by atoms with Gasteiger partial charge in [-0.05, 0) is 36.8 Å². The highest BCUT2D eigenvalue weighted by atomic mass is 16.5. The maximum Gasteiger partial charge on any atom is 0.119 e. The molecule has 0 bridgehead atoms. The van der Waals surface area contributed by atoms with Crippen LogP contribution in [0.4, 0.5) is 5.69 Å². The monoisotopic (exact) mass is 228 g/mol. The maximum absolute atomic E-state index is 5.46. The van der Waals surface area contributed by atoms with Crippen LogP contribution in [0.5, 0.6) is 5.75 Å². The minimum Gasteiger partial charge on any atom is -0.494 e. The second-order valence-electron chi connectivity index (χ2n) is 3.68. The summed E-state index contributed by atoms with van der Waals surface area (Å²) in [5.41, 5.74) is 2.22. The zero-order valence-corrected chi connectivity index (χ0v) is 9.89. The van der Waals surface area contributed by atoms with Crippen LogP contribution in [0.3, 0.4) is 0 Å². The number of benzene rings is 1. The van der Waals surface area contributed by atoms with Crippen LogP contribution in [0, 0.1) is 0 Å². The van der Waals surface area contributed by atoms with Crippen LogP contribution in [0.15, 0.2) is 48.8 Å². The molecule has 0 unspecified atom stereocenters. The Labute approximate surface area is 101 Å². The van der Waals surface area contributed by atoms with Gasteiger partial charge in [0.1, 0.15) is 5.75 Å². The molecule has 0 fully saturated rings. The first-order valence-electron chi connectivity index (χ1n) is 5.74. The second kappa shape index (κ2) is 5.89. The van der Waals surface area contributed by atoms with Gasteiger partial charge in [-0.2, -0.15) is 0 Å². The average molecular weight is 228 g/mol. The molecule has 0 radical (unpaired) electrons. The van der Waals surface area contributed by atoms with Gasteiger partial charge in [-0.15, -0.1) is 0 Å². The van der Waals surface area contributed by atoms with E-state index in [1.54, 1.807) is 6.20 Å². The van der Waals surface area contributed by atoms with Gasteiger partial charge in [0, 0.05) is 18.9 Å². The first kappa shape index (κ1) is 11.5. The summed E-state index contributed by atoms with van der Waals surface area (Å²) in [5, 5.41) is 3.31. The van der Waals surface area contributed by atoms with E-state index in [1.165, 1.54) is 5.56 Å². The summed E-state index contributed by atoms with van der Waals surface area (Å²) in [6.07, 6.45) is 3.58. The number of anilines is 1. The fraction of sp³-hybridized carbons (Fsp3) is 0.214. The number of rotatable bonds is 5. The molecular formula is C14H16N2O. The minimum atomic E-state index is 0.694. The van der Waals surface area contributed by atoms with Crippen molar-refractivity contribution in [3.8, 4) is 5.75 Å². The van der Waals surface area contributed by atoms with Gasteiger partial charge in [0.05, 0.1) is 12.3 Å². The van der Waals surface area contributed by atoms with Crippen molar-refractivity contribution >= 4 is 5.69 Å². The van der Waals surface area contributed by atoms with Gasteiger partial charge in [-0.1, -0.05) is 12.1 Å². The molecule has 2 rings (SSSR count). The van der Waals surface area contributed by atoms with Gasteiger partial charge in [0.25, 0.3) is 0 Å². The molecule has 0 saturated carbocycles. The van der Waals surface area contributed by atoms with Gasteiger partial charge in [-0.3, -0.25) is 4.98 Å². The number of nitrogens with one attached hydrogen (secondary N) is 1. The van der Waals surface area contributed by atoms with Gasteiger partial charge < -0.3 is 10.1 Å². The maximum atomic E-state index is 5.46. The number of nitrogens with zero attached hydrogens (tertiary/aromatic N) is 1. The van der Waals surface area contributed by atoms with E-state index in [4.69, 9.17) is 4.74 Å².